The molecule has 0 aromatic carbocycles. The summed E-state index contributed by atoms with van der Waals surface area (Å²) in [6.45, 7) is 2.06. The third-order valence-electron chi connectivity index (χ3n) is 3.23. The summed E-state index contributed by atoms with van der Waals surface area (Å²) in [6.07, 6.45) is 1.39. The number of hydrogen-bond donors (Lipinski definition) is 1. The number of rotatable bonds is 2. The number of esters is 1. The van der Waals surface area contributed by atoms with Crippen LogP contribution < -0.4 is 5.32 Å². The smallest absolute Gasteiger partial charge is 0.334 e. The molecule has 84 valence electrons. The summed E-state index contributed by atoms with van der Waals surface area (Å²) >= 11 is 0. The van der Waals surface area contributed by atoms with E-state index in [4.69, 9.17) is 9.47 Å². The van der Waals surface area contributed by atoms with Crippen molar-refractivity contribution in [3.05, 3.63) is 0 Å². The van der Waals surface area contributed by atoms with Crippen molar-refractivity contribution in [3.63, 3.8) is 0 Å². The third kappa shape index (κ3) is 1.42. The van der Waals surface area contributed by atoms with Gasteiger partial charge in [0.05, 0.1) is 13.2 Å². The Morgan fingerprint density at radius 2 is 2.27 bits per heavy atom. The summed E-state index contributed by atoms with van der Waals surface area (Å²) in [5.41, 5.74) is -0.929. The molecule has 0 spiro atoms. The molecule has 3 atom stereocenters. The van der Waals surface area contributed by atoms with Crippen LogP contribution in [0.5, 0.6) is 0 Å². The minimum absolute atomic E-state index is 0.200. The lowest BCUT2D eigenvalue weighted by Gasteiger charge is -2.48. The Balaban J connectivity index is 2.17. The predicted octanol–water partition coefficient (Wildman–Crippen LogP) is -0.157. The Hall–Kier alpha value is -1.10. The number of amides is 1. The van der Waals surface area contributed by atoms with Gasteiger partial charge < -0.3 is 14.8 Å². The molecule has 1 saturated heterocycles. The molecule has 1 heterocycles. The van der Waals surface area contributed by atoms with E-state index in [1.54, 1.807) is 0 Å². The molecule has 0 aromatic rings. The highest BCUT2D eigenvalue weighted by molar-refractivity contribution is 5.89. The van der Waals surface area contributed by atoms with Crippen molar-refractivity contribution in [2.45, 2.75) is 31.4 Å². The fraction of sp³-hybridized carbons (Fsp3) is 0.800. The van der Waals surface area contributed by atoms with Gasteiger partial charge in [-0.2, -0.15) is 0 Å². The van der Waals surface area contributed by atoms with Crippen LogP contribution in [0.25, 0.3) is 0 Å². The Morgan fingerprint density at radius 3 is 2.80 bits per heavy atom. The van der Waals surface area contributed by atoms with Crippen molar-refractivity contribution in [1.82, 2.24) is 5.32 Å². The molecule has 5 nitrogen and oxygen atoms in total. The molecule has 0 radical (unpaired) electrons. The molecule has 15 heavy (non-hydrogen) atoms. The molecule has 2 aliphatic rings. The molecule has 0 aromatic heterocycles. The summed E-state index contributed by atoms with van der Waals surface area (Å²) in [6, 6.07) is 0. The van der Waals surface area contributed by atoms with Gasteiger partial charge in [0.15, 0.2) is 5.54 Å². The first-order chi connectivity index (χ1) is 7.10. The Kier molecular flexibility index (Phi) is 2.42. The lowest BCUT2D eigenvalue weighted by Crippen LogP contribution is -2.71. The van der Waals surface area contributed by atoms with E-state index >= 15 is 0 Å². The second kappa shape index (κ2) is 3.48. The Labute approximate surface area is 88.1 Å². The number of nitrogens with one attached hydrogen (secondary N) is 1. The minimum atomic E-state index is -0.929. The van der Waals surface area contributed by atoms with Gasteiger partial charge in [-0.25, -0.2) is 4.79 Å². The van der Waals surface area contributed by atoms with Crippen LogP contribution >= 0.6 is 0 Å². The van der Waals surface area contributed by atoms with E-state index in [2.05, 4.69) is 5.32 Å². The molecule has 0 unspecified atom stereocenters. The zero-order valence-corrected chi connectivity index (χ0v) is 8.91. The summed E-state index contributed by atoms with van der Waals surface area (Å²) in [5, 5.41) is 2.68. The molecule has 1 aliphatic carbocycles. The molecule has 0 bridgehead atoms. The monoisotopic (exact) mass is 213 g/mol. The summed E-state index contributed by atoms with van der Waals surface area (Å²) in [4.78, 5) is 22.8. The van der Waals surface area contributed by atoms with Crippen LogP contribution in [-0.2, 0) is 19.1 Å². The van der Waals surface area contributed by atoms with E-state index in [0.717, 1.165) is 6.42 Å². The highest BCUT2D eigenvalue weighted by atomic mass is 16.5. The van der Waals surface area contributed by atoms with Crippen LogP contribution in [0, 0.1) is 5.92 Å². The first-order valence-corrected chi connectivity index (χ1v) is 5.09. The fourth-order valence-corrected chi connectivity index (χ4v) is 2.63. The first kappa shape index (κ1) is 10.4. The van der Waals surface area contributed by atoms with Crippen molar-refractivity contribution in [1.29, 1.82) is 0 Å². The maximum absolute atomic E-state index is 11.7. The number of ether oxygens (including phenoxy) is 2. The van der Waals surface area contributed by atoms with Gasteiger partial charge in [-0.3, -0.25) is 4.79 Å². The number of fused-ring (bicyclic) bond motifs is 1. The quantitative estimate of drug-likeness (QED) is 0.647. The highest BCUT2D eigenvalue weighted by Crippen LogP contribution is 2.46. The van der Waals surface area contributed by atoms with Crippen LogP contribution in [0.1, 0.15) is 19.8 Å². The SMILES string of the molecule is COC(=O)[C@]1(NC(C)=O)C[C@@H]2CCO[C@@H]21. The molecular weight excluding hydrogens is 198 g/mol. The van der Waals surface area contributed by atoms with Gasteiger partial charge in [-0.05, 0) is 18.8 Å². The summed E-state index contributed by atoms with van der Waals surface area (Å²) in [7, 11) is 1.33. The number of methoxy groups -OCH3 is 1. The van der Waals surface area contributed by atoms with E-state index < -0.39 is 11.5 Å². The Morgan fingerprint density at radius 1 is 1.53 bits per heavy atom. The number of carbonyl (C=O) groups is 2. The van der Waals surface area contributed by atoms with Crippen LogP contribution in [0.15, 0.2) is 0 Å². The van der Waals surface area contributed by atoms with Crippen molar-refractivity contribution >= 4 is 11.9 Å². The standard InChI is InChI=1S/C10H15NO4/c1-6(12)11-10(9(13)14-2)5-7-3-4-15-8(7)10/h7-8H,3-5H2,1-2H3,(H,11,12)/t7-,8-,10-/m0/s1. The van der Waals surface area contributed by atoms with Gasteiger partial charge in [-0.1, -0.05) is 0 Å². The van der Waals surface area contributed by atoms with Gasteiger partial charge in [0, 0.05) is 13.5 Å². The van der Waals surface area contributed by atoms with Crippen LogP contribution in [0.3, 0.4) is 0 Å². The fourth-order valence-electron chi connectivity index (χ4n) is 2.63. The minimum Gasteiger partial charge on any atom is -0.467 e. The molecule has 1 amide bonds. The maximum Gasteiger partial charge on any atom is 0.334 e. The predicted molar refractivity (Wildman–Crippen MR) is 51.0 cm³/mol. The molecule has 1 saturated carbocycles. The van der Waals surface area contributed by atoms with E-state index in [9.17, 15) is 9.59 Å². The average molecular weight is 213 g/mol. The van der Waals surface area contributed by atoms with Crippen molar-refractivity contribution < 1.29 is 19.1 Å². The molecule has 1 N–H and O–H groups in total. The normalized spacial score (nSPS) is 37.7. The zero-order chi connectivity index (χ0) is 11.1. The molecule has 5 heteroatoms. The first-order valence-electron chi connectivity index (χ1n) is 5.09. The van der Waals surface area contributed by atoms with Crippen molar-refractivity contribution in [2.24, 2.45) is 5.92 Å². The van der Waals surface area contributed by atoms with E-state index in [-0.39, 0.29) is 12.0 Å². The lowest BCUT2D eigenvalue weighted by molar-refractivity contribution is -0.170. The zero-order valence-electron chi connectivity index (χ0n) is 8.91. The van der Waals surface area contributed by atoms with Crippen LogP contribution in [0.4, 0.5) is 0 Å². The second-order valence-corrected chi connectivity index (χ2v) is 4.19. The summed E-state index contributed by atoms with van der Waals surface area (Å²) in [5.74, 6) is -0.244. The third-order valence-corrected chi connectivity index (χ3v) is 3.23. The van der Waals surface area contributed by atoms with E-state index in [1.165, 1.54) is 14.0 Å². The van der Waals surface area contributed by atoms with Gasteiger partial charge in [0.1, 0.15) is 0 Å². The van der Waals surface area contributed by atoms with Gasteiger partial charge in [-0.15, -0.1) is 0 Å². The molecule has 2 rings (SSSR count). The van der Waals surface area contributed by atoms with E-state index in [0.29, 0.717) is 18.9 Å². The second-order valence-electron chi connectivity index (χ2n) is 4.19. The maximum atomic E-state index is 11.7. The van der Waals surface area contributed by atoms with Crippen LogP contribution in [0.2, 0.25) is 0 Å². The summed E-state index contributed by atoms with van der Waals surface area (Å²) < 4.78 is 10.2. The lowest BCUT2D eigenvalue weighted by atomic mass is 9.65. The molecule has 1 aliphatic heterocycles. The number of carbonyl (C=O) groups excluding carboxylic acids is 2. The average Bonchev–Trinajstić information content (AvgIpc) is 2.55. The Bertz CT molecular complexity index is 304. The topological polar surface area (TPSA) is 64.6 Å². The van der Waals surface area contributed by atoms with Crippen LogP contribution in [-0.4, -0.2) is 37.2 Å². The van der Waals surface area contributed by atoms with Gasteiger partial charge in [0.25, 0.3) is 0 Å². The molecule has 2 fully saturated rings. The van der Waals surface area contributed by atoms with Gasteiger partial charge >= 0.3 is 5.97 Å². The largest absolute Gasteiger partial charge is 0.467 e. The molecular formula is C10H15NO4. The van der Waals surface area contributed by atoms with Crippen molar-refractivity contribution in [3.8, 4) is 0 Å². The number of hydrogen-bond acceptors (Lipinski definition) is 4. The van der Waals surface area contributed by atoms with Gasteiger partial charge in [0.2, 0.25) is 5.91 Å². The van der Waals surface area contributed by atoms with E-state index in [1.807, 2.05) is 0 Å². The highest BCUT2D eigenvalue weighted by Gasteiger charge is 2.63. The van der Waals surface area contributed by atoms with Crippen molar-refractivity contribution in [2.75, 3.05) is 13.7 Å².